The predicted molar refractivity (Wildman–Crippen MR) is 70.8 cm³/mol. The van der Waals surface area contributed by atoms with Gasteiger partial charge in [-0.05, 0) is 30.9 Å². The molecule has 0 aliphatic heterocycles. The summed E-state index contributed by atoms with van der Waals surface area (Å²) in [5.74, 6) is 0.869. The highest BCUT2D eigenvalue weighted by Gasteiger charge is 2.13. The quantitative estimate of drug-likeness (QED) is 0.722. The lowest BCUT2D eigenvalue weighted by atomic mass is 9.89. The minimum absolute atomic E-state index is 0.755. The number of allylic oxidation sites excluding steroid dienone is 3. The van der Waals surface area contributed by atoms with E-state index in [4.69, 9.17) is 5.73 Å². The SMILES string of the molecule is C=C/C=C(N)\C=C/N(C)CC1CCCCC1. The molecule has 0 aromatic heterocycles. The molecule has 0 aromatic carbocycles. The van der Waals surface area contributed by atoms with Gasteiger partial charge in [0.1, 0.15) is 0 Å². The van der Waals surface area contributed by atoms with E-state index in [1.807, 2.05) is 12.2 Å². The Morgan fingerprint density at radius 1 is 1.38 bits per heavy atom. The molecule has 2 N–H and O–H groups in total. The van der Waals surface area contributed by atoms with Crippen LogP contribution in [0.2, 0.25) is 0 Å². The van der Waals surface area contributed by atoms with Gasteiger partial charge in [-0.2, -0.15) is 0 Å². The number of hydrogen-bond acceptors (Lipinski definition) is 2. The highest BCUT2D eigenvalue weighted by Crippen LogP contribution is 2.24. The van der Waals surface area contributed by atoms with E-state index in [0.29, 0.717) is 0 Å². The van der Waals surface area contributed by atoms with Crippen molar-refractivity contribution in [3.63, 3.8) is 0 Å². The first-order valence-corrected chi connectivity index (χ1v) is 6.19. The Morgan fingerprint density at radius 2 is 2.06 bits per heavy atom. The summed E-state index contributed by atoms with van der Waals surface area (Å²) in [4.78, 5) is 2.24. The van der Waals surface area contributed by atoms with E-state index in [0.717, 1.165) is 18.2 Å². The van der Waals surface area contributed by atoms with Gasteiger partial charge in [0.25, 0.3) is 0 Å². The van der Waals surface area contributed by atoms with Crippen LogP contribution in [0.25, 0.3) is 0 Å². The number of nitrogens with zero attached hydrogens (tertiary/aromatic N) is 1. The third-order valence-corrected chi connectivity index (χ3v) is 3.10. The van der Waals surface area contributed by atoms with Crippen LogP contribution in [0.3, 0.4) is 0 Å². The van der Waals surface area contributed by atoms with Gasteiger partial charge in [-0.1, -0.05) is 31.9 Å². The zero-order chi connectivity index (χ0) is 11.8. The van der Waals surface area contributed by atoms with E-state index < -0.39 is 0 Å². The molecule has 1 fully saturated rings. The smallest absolute Gasteiger partial charge is 0.0328 e. The topological polar surface area (TPSA) is 29.3 Å². The molecule has 0 spiro atoms. The summed E-state index contributed by atoms with van der Waals surface area (Å²) in [6.45, 7) is 4.77. The number of rotatable bonds is 5. The fourth-order valence-electron chi connectivity index (χ4n) is 2.24. The maximum Gasteiger partial charge on any atom is 0.0328 e. The maximum atomic E-state index is 5.74. The molecule has 1 aliphatic rings. The maximum absolute atomic E-state index is 5.74. The van der Waals surface area contributed by atoms with Crippen LogP contribution in [0.5, 0.6) is 0 Å². The molecule has 1 aliphatic carbocycles. The first-order valence-electron chi connectivity index (χ1n) is 6.19. The van der Waals surface area contributed by atoms with Crippen molar-refractivity contribution in [1.29, 1.82) is 0 Å². The summed E-state index contributed by atoms with van der Waals surface area (Å²) in [5, 5.41) is 0. The Bertz CT molecular complexity index is 260. The third kappa shape index (κ3) is 5.06. The van der Waals surface area contributed by atoms with Gasteiger partial charge in [0.05, 0.1) is 0 Å². The first-order chi connectivity index (χ1) is 7.72. The van der Waals surface area contributed by atoms with Crippen molar-refractivity contribution >= 4 is 0 Å². The van der Waals surface area contributed by atoms with Crippen molar-refractivity contribution in [2.75, 3.05) is 13.6 Å². The molecule has 0 bridgehead atoms. The molecule has 1 rings (SSSR count). The van der Waals surface area contributed by atoms with Crippen LogP contribution in [-0.2, 0) is 0 Å². The van der Waals surface area contributed by atoms with Gasteiger partial charge in [0, 0.05) is 25.5 Å². The fourth-order valence-corrected chi connectivity index (χ4v) is 2.24. The van der Waals surface area contributed by atoms with Crippen molar-refractivity contribution in [3.8, 4) is 0 Å². The van der Waals surface area contributed by atoms with E-state index in [-0.39, 0.29) is 0 Å². The minimum Gasteiger partial charge on any atom is -0.399 e. The summed E-state index contributed by atoms with van der Waals surface area (Å²) in [5.41, 5.74) is 6.50. The lowest BCUT2D eigenvalue weighted by molar-refractivity contribution is 0.281. The van der Waals surface area contributed by atoms with Crippen LogP contribution in [0, 0.1) is 5.92 Å². The van der Waals surface area contributed by atoms with Gasteiger partial charge >= 0.3 is 0 Å². The van der Waals surface area contributed by atoms with E-state index >= 15 is 0 Å². The van der Waals surface area contributed by atoms with Gasteiger partial charge in [-0.15, -0.1) is 0 Å². The molecular formula is C14H24N2. The largest absolute Gasteiger partial charge is 0.399 e. The average molecular weight is 220 g/mol. The summed E-state index contributed by atoms with van der Waals surface area (Å²) >= 11 is 0. The molecule has 0 unspecified atom stereocenters. The second kappa shape index (κ2) is 7.15. The van der Waals surface area contributed by atoms with Crippen LogP contribution < -0.4 is 5.73 Å². The van der Waals surface area contributed by atoms with Gasteiger partial charge < -0.3 is 10.6 Å². The zero-order valence-corrected chi connectivity index (χ0v) is 10.4. The van der Waals surface area contributed by atoms with E-state index in [2.05, 4.69) is 24.7 Å². The molecule has 0 heterocycles. The lowest BCUT2D eigenvalue weighted by Crippen LogP contribution is -2.22. The second-order valence-corrected chi connectivity index (χ2v) is 4.66. The molecule has 0 aromatic rings. The standard InChI is InChI=1S/C14H24N2/c1-3-7-14(15)10-11-16(2)12-13-8-5-4-6-9-13/h3,7,10-11,13H,1,4-6,8-9,12,15H2,2H3/b11-10-,14-7+. The first kappa shape index (κ1) is 12.9. The van der Waals surface area contributed by atoms with Gasteiger partial charge in [-0.3, -0.25) is 0 Å². The predicted octanol–water partition coefficient (Wildman–Crippen LogP) is 3.04. The normalized spacial score (nSPS) is 18.9. The van der Waals surface area contributed by atoms with Gasteiger partial charge in [-0.25, -0.2) is 0 Å². The van der Waals surface area contributed by atoms with E-state index in [1.165, 1.54) is 32.1 Å². The molecule has 2 heteroatoms. The zero-order valence-electron chi connectivity index (χ0n) is 10.4. The monoisotopic (exact) mass is 220 g/mol. The Kier molecular flexibility index (Phi) is 5.76. The summed E-state index contributed by atoms with van der Waals surface area (Å²) in [6, 6.07) is 0. The van der Waals surface area contributed by atoms with Crippen molar-refractivity contribution in [2.45, 2.75) is 32.1 Å². The van der Waals surface area contributed by atoms with Crippen molar-refractivity contribution in [3.05, 3.63) is 36.7 Å². The molecule has 0 saturated heterocycles. The second-order valence-electron chi connectivity index (χ2n) is 4.66. The lowest BCUT2D eigenvalue weighted by Gasteiger charge is -2.26. The molecule has 90 valence electrons. The van der Waals surface area contributed by atoms with Gasteiger partial charge in [0.15, 0.2) is 0 Å². The Morgan fingerprint density at radius 3 is 2.69 bits per heavy atom. The van der Waals surface area contributed by atoms with Crippen LogP contribution in [0.15, 0.2) is 36.7 Å². The molecule has 1 saturated carbocycles. The third-order valence-electron chi connectivity index (χ3n) is 3.10. The molecule has 0 radical (unpaired) electrons. The minimum atomic E-state index is 0.755. The van der Waals surface area contributed by atoms with Crippen molar-refractivity contribution in [1.82, 2.24) is 4.90 Å². The molecule has 0 atom stereocenters. The number of nitrogens with two attached hydrogens (primary N) is 1. The average Bonchev–Trinajstić information content (AvgIpc) is 2.28. The molecule has 16 heavy (non-hydrogen) atoms. The fraction of sp³-hybridized carbons (Fsp3) is 0.571. The molecule has 0 amide bonds. The van der Waals surface area contributed by atoms with Crippen molar-refractivity contribution < 1.29 is 0 Å². The Hall–Kier alpha value is -1.18. The molecular weight excluding hydrogens is 196 g/mol. The highest BCUT2D eigenvalue weighted by atomic mass is 15.1. The van der Waals surface area contributed by atoms with Crippen LogP contribution >= 0.6 is 0 Å². The van der Waals surface area contributed by atoms with E-state index in [1.54, 1.807) is 6.08 Å². The van der Waals surface area contributed by atoms with Crippen LogP contribution in [-0.4, -0.2) is 18.5 Å². The Balaban J connectivity index is 2.31. The molecule has 2 nitrogen and oxygen atoms in total. The Labute approximate surface area is 99.5 Å². The summed E-state index contributed by atoms with van der Waals surface area (Å²) in [7, 11) is 2.12. The highest BCUT2D eigenvalue weighted by molar-refractivity contribution is 5.18. The van der Waals surface area contributed by atoms with Gasteiger partial charge in [0.2, 0.25) is 0 Å². The van der Waals surface area contributed by atoms with E-state index in [9.17, 15) is 0 Å². The summed E-state index contributed by atoms with van der Waals surface area (Å²) in [6.07, 6.45) is 14.5. The van der Waals surface area contributed by atoms with Crippen molar-refractivity contribution in [2.24, 2.45) is 11.7 Å². The summed E-state index contributed by atoms with van der Waals surface area (Å²) < 4.78 is 0. The van der Waals surface area contributed by atoms with Crippen LogP contribution in [0.4, 0.5) is 0 Å². The number of hydrogen-bond donors (Lipinski definition) is 1. The van der Waals surface area contributed by atoms with Crippen LogP contribution in [0.1, 0.15) is 32.1 Å².